The van der Waals surface area contributed by atoms with Gasteiger partial charge in [-0.3, -0.25) is 9.59 Å². The first-order valence-electron chi connectivity index (χ1n) is 6.12. The molecule has 0 fully saturated rings. The Labute approximate surface area is 103 Å². The van der Waals surface area contributed by atoms with Gasteiger partial charge < -0.3 is 9.84 Å². The van der Waals surface area contributed by atoms with Crippen LogP contribution in [0, 0.1) is 5.41 Å². The Bertz CT molecular complexity index is 272. The van der Waals surface area contributed by atoms with Gasteiger partial charge in [-0.25, -0.2) is 0 Å². The maximum absolute atomic E-state index is 11.6. The van der Waals surface area contributed by atoms with Gasteiger partial charge in [-0.2, -0.15) is 0 Å². The number of rotatable bonds is 6. The standard InChI is InChI=1S/C13H24O4/c1-6-13(7-2,12(3,4)5)17-11(16)9-8-10(14)15/h6-9H2,1-5H3,(H,14,15). The Morgan fingerprint density at radius 3 is 1.82 bits per heavy atom. The van der Waals surface area contributed by atoms with Crippen molar-refractivity contribution < 1.29 is 19.4 Å². The fourth-order valence-corrected chi connectivity index (χ4v) is 2.09. The van der Waals surface area contributed by atoms with Crippen molar-refractivity contribution in [3.63, 3.8) is 0 Å². The van der Waals surface area contributed by atoms with E-state index >= 15 is 0 Å². The van der Waals surface area contributed by atoms with Crippen LogP contribution in [-0.2, 0) is 14.3 Å². The van der Waals surface area contributed by atoms with Crippen molar-refractivity contribution in [1.82, 2.24) is 0 Å². The van der Waals surface area contributed by atoms with Crippen LogP contribution in [0.5, 0.6) is 0 Å². The predicted molar refractivity (Wildman–Crippen MR) is 65.7 cm³/mol. The van der Waals surface area contributed by atoms with Crippen molar-refractivity contribution >= 4 is 11.9 Å². The van der Waals surface area contributed by atoms with Gasteiger partial charge in [0, 0.05) is 5.41 Å². The molecular weight excluding hydrogens is 220 g/mol. The fraction of sp³-hybridized carbons (Fsp3) is 0.846. The molecule has 4 heteroatoms. The van der Waals surface area contributed by atoms with Gasteiger partial charge in [-0.15, -0.1) is 0 Å². The van der Waals surface area contributed by atoms with E-state index in [0.29, 0.717) is 0 Å². The maximum atomic E-state index is 11.6. The number of carbonyl (C=O) groups excluding carboxylic acids is 1. The van der Waals surface area contributed by atoms with Crippen molar-refractivity contribution in [2.24, 2.45) is 5.41 Å². The molecule has 0 aromatic rings. The minimum Gasteiger partial charge on any atom is -0.481 e. The van der Waals surface area contributed by atoms with Crippen LogP contribution < -0.4 is 0 Å². The molecule has 0 atom stereocenters. The van der Waals surface area contributed by atoms with Crippen molar-refractivity contribution in [3.05, 3.63) is 0 Å². The highest BCUT2D eigenvalue weighted by atomic mass is 16.6. The first-order chi connectivity index (χ1) is 7.68. The molecule has 0 spiro atoms. The van der Waals surface area contributed by atoms with Crippen LogP contribution in [-0.4, -0.2) is 22.6 Å². The summed E-state index contributed by atoms with van der Waals surface area (Å²) in [4.78, 5) is 22.0. The third-order valence-corrected chi connectivity index (χ3v) is 3.36. The van der Waals surface area contributed by atoms with Crippen molar-refractivity contribution in [2.75, 3.05) is 0 Å². The number of carbonyl (C=O) groups is 2. The molecule has 0 bridgehead atoms. The lowest BCUT2D eigenvalue weighted by Crippen LogP contribution is -2.46. The van der Waals surface area contributed by atoms with Gasteiger partial charge in [0.1, 0.15) is 5.60 Å². The van der Waals surface area contributed by atoms with Gasteiger partial charge in [0.15, 0.2) is 0 Å². The molecule has 100 valence electrons. The van der Waals surface area contributed by atoms with E-state index in [9.17, 15) is 9.59 Å². The van der Waals surface area contributed by atoms with Crippen LogP contribution in [0.3, 0.4) is 0 Å². The van der Waals surface area contributed by atoms with Gasteiger partial charge >= 0.3 is 11.9 Å². The molecular formula is C13H24O4. The normalized spacial score (nSPS) is 12.3. The molecule has 0 heterocycles. The maximum Gasteiger partial charge on any atom is 0.306 e. The van der Waals surface area contributed by atoms with Crippen LogP contribution >= 0.6 is 0 Å². The van der Waals surface area contributed by atoms with E-state index in [-0.39, 0.29) is 18.3 Å². The third-order valence-electron chi connectivity index (χ3n) is 3.36. The first kappa shape index (κ1) is 15.9. The molecule has 0 aromatic carbocycles. The Morgan fingerprint density at radius 1 is 1.06 bits per heavy atom. The van der Waals surface area contributed by atoms with E-state index in [0.717, 1.165) is 12.8 Å². The number of carboxylic acids is 1. The van der Waals surface area contributed by atoms with Crippen LogP contribution in [0.15, 0.2) is 0 Å². The lowest BCUT2D eigenvalue weighted by molar-refractivity contribution is -0.176. The summed E-state index contributed by atoms with van der Waals surface area (Å²) in [6.45, 7) is 10.1. The zero-order valence-corrected chi connectivity index (χ0v) is 11.5. The number of hydrogen-bond acceptors (Lipinski definition) is 3. The minimum absolute atomic E-state index is 0.0623. The average Bonchev–Trinajstić information content (AvgIpc) is 2.21. The summed E-state index contributed by atoms with van der Waals surface area (Å²) in [6, 6.07) is 0. The topological polar surface area (TPSA) is 63.6 Å². The quantitative estimate of drug-likeness (QED) is 0.729. The molecule has 0 aliphatic carbocycles. The van der Waals surface area contributed by atoms with E-state index < -0.39 is 17.5 Å². The highest BCUT2D eigenvalue weighted by Crippen LogP contribution is 2.39. The second-order valence-corrected chi connectivity index (χ2v) is 5.32. The monoisotopic (exact) mass is 244 g/mol. The molecule has 1 N–H and O–H groups in total. The summed E-state index contributed by atoms with van der Waals surface area (Å²) >= 11 is 0. The van der Waals surface area contributed by atoms with Gasteiger partial charge in [0.05, 0.1) is 12.8 Å². The van der Waals surface area contributed by atoms with E-state index in [2.05, 4.69) is 0 Å². The Balaban J connectivity index is 4.66. The van der Waals surface area contributed by atoms with Crippen molar-refractivity contribution in [1.29, 1.82) is 0 Å². The molecule has 0 rings (SSSR count). The number of hydrogen-bond donors (Lipinski definition) is 1. The smallest absolute Gasteiger partial charge is 0.306 e. The predicted octanol–water partition coefficient (Wildman–Crippen LogP) is 3.00. The number of carboxylic acid groups (broad SMARTS) is 1. The SMILES string of the molecule is CCC(CC)(OC(=O)CCC(=O)O)C(C)(C)C. The molecule has 0 saturated heterocycles. The van der Waals surface area contributed by atoms with E-state index in [1.54, 1.807) is 0 Å². The van der Waals surface area contributed by atoms with Gasteiger partial charge in [0.2, 0.25) is 0 Å². The molecule has 0 unspecified atom stereocenters. The lowest BCUT2D eigenvalue weighted by Gasteiger charge is -2.43. The van der Waals surface area contributed by atoms with Crippen molar-refractivity contribution in [3.8, 4) is 0 Å². The fourth-order valence-electron chi connectivity index (χ4n) is 2.09. The molecule has 0 aromatic heterocycles. The van der Waals surface area contributed by atoms with Crippen LogP contribution in [0.4, 0.5) is 0 Å². The van der Waals surface area contributed by atoms with Crippen LogP contribution in [0.2, 0.25) is 0 Å². The summed E-state index contributed by atoms with van der Waals surface area (Å²) < 4.78 is 5.55. The molecule has 17 heavy (non-hydrogen) atoms. The van der Waals surface area contributed by atoms with Gasteiger partial charge in [-0.05, 0) is 12.8 Å². The number of esters is 1. The number of ether oxygens (including phenoxy) is 1. The summed E-state index contributed by atoms with van der Waals surface area (Å²) in [7, 11) is 0. The molecule has 0 aliphatic rings. The van der Waals surface area contributed by atoms with Crippen molar-refractivity contribution in [2.45, 2.75) is 65.9 Å². The summed E-state index contributed by atoms with van der Waals surface area (Å²) in [5.74, 6) is -1.40. The highest BCUT2D eigenvalue weighted by Gasteiger charge is 2.42. The van der Waals surface area contributed by atoms with Crippen LogP contribution in [0.25, 0.3) is 0 Å². The van der Waals surface area contributed by atoms with Crippen LogP contribution in [0.1, 0.15) is 60.3 Å². The molecule has 0 amide bonds. The number of aliphatic carboxylic acids is 1. The highest BCUT2D eigenvalue weighted by molar-refractivity contribution is 5.76. The summed E-state index contributed by atoms with van der Waals surface area (Å²) in [5, 5.41) is 8.53. The molecule has 4 nitrogen and oxygen atoms in total. The van der Waals surface area contributed by atoms with E-state index in [1.165, 1.54) is 0 Å². The summed E-state index contributed by atoms with van der Waals surface area (Å²) in [6.07, 6.45) is 1.22. The minimum atomic E-state index is -0.976. The molecule has 0 saturated carbocycles. The first-order valence-corrected chi connectivity index (χ1v) is 6.12. The Hall–Kier alpha value is -1.06. The molecule has 0 aliphatic heterocycles. The summed E-state index contributed by atoms with van der Waals surface area (Å²) in [5.41, 5.74) is -0.669. The third kappa shape index (κ3) is 4.36. The Morgan fingerprint density at radius 2 is 1.53 bits per heavy atom. The molecule has 0 radical (unpaired) electrons. The van der Waals surface area contributed by atoms with Gasteiger partial charge in [0.25, 0.3) is 0 Å². The van der Waals surface area contributed by atoms with E-state index in [1.807, 2.05) is 34.6 Å². The van der Waals surface area contributed by atoms with Gasteiger partial charge in [-0.1, -0.05) is 34.6 Å². The average molecular weight is 244 g/mol. The zero-order valence-electron chi connectivity index (χ0n) is 11.5. The lowest BCUT2D eigenvalue weighted by atomic mass is 9.73. The second kappa shape index (κ2) is 6.03. The Kier molecular flexibility index (Phi) is 5.66. The largest absolute Gasteiger partial charge is 0.481 e. The second-order valence-electron chi connectivity index (χ2n) is 5.32. The zero-order chi connectivity index (χ0) is 13.7. The van der Waals surface area contributed by atoms with E-state index in [4.69, 9.17) is 9.84 Å².